The summed E-state index contributed by atoms with van der Waals surface area (Å²) in [6, 6.07) is 0.167. The number of thiocarbonyl (C=S) groups is 2. The zero-order chi connectivity index (χ0) is 14.6. The number of nitrogens with one attached hydrogen (secondary N) is 2. The summed E-state index contributed by atoms with van der Waals surface area (Å²) < 4.78 is 0.739. The van der Waals surface area contributed by atoms with E-state index in [1.807, 2.05) is 6.92 Å². The van der Waals surface area contributed by atoms with Crippen molar-refractivity contribution in [3.8, 4) is 0 Å². The molecule has 0 rings (SSSR count). The van der Waals surface area contributed by atoms with Gasteiger partial charge in [-0.1, -0.05) is 8.64 Å². The first-order chi connectivity index (χ1) is 8.33. The molecule has 0 aromatic carbocycles. The van der Waals surface area contributed by atoms with Gasteiger partial charge in [-0.2, -0.15) is 0 Å². The van der Waals surface area contributed by atoms with E-state index in [0.29, 0.717) is 34.7 Å². The summed E-state index contributed by atoms with van der Waals surface area (Å²) in [6.07, 6.45) is 0.209. The van der Waals surface area contributed by atoms with E-state index in [9.17, 15) is 0 Å². The van der Waals surface area contributed by atoms with Gasteiger partial charge >= 0.3 is 19.5 Å². The number of rotatable bonds is 6. The van der Waals surface area contributed by atoms with Crippen LogP contribution in [0.2, 0.25) is 0 Å². The van der Waals surface area contributed by atoms with Crippen LogP contribution in [-0.2, 0) is 44.7 Å². The standard InChI is InChI=1S/C5H10N2S4.C4H12N2O.Zn/c1-3(7-5(10)11)2-6-4(8)9;5-2-1-4(7)3-6;/h3H,2H2,1H3,(H2,6,8,9)(H2,7,10,11);4,7H,1-3,5-6H2;/q;;+2/p-2. The average molecular weight is 394 g/mol. The van der Waals surface area contributed by atoms with Crippen LogP contribution in [-0.4, -0.2) is 45.5 Å². The molecule has 0 radical (unpaired) electrons. The minimum atomic E-state index is -0.398. The van der Waals surface area contributed by atoms with Crippen molar-refractivity contribution in [3.63, 3.8) is 0 Å². The summed E-state index contributed by atoms with van der Waals surface area (Å²) in [7, 11) is 0. The Balaban J connectivity index is -0.000000280. The Morgan fingerprint density at radius 3 is 2.05 bits per heavy atom. The number of hydrogen-bond acceptors (Lipinski definition) is 7. The molecule has 2 atom stereocenters. The largest absolute Gasteiger partial charge is 2.00 e. The molecule has 0 amide bonds. The van der Waals surface area contributed by atoms with Crippen molar-refractivity contribution in [1.29, 1.82) is 0 Å². The monoisotopic (exact) mass is 392 g/mol. The van der Waals surface area contributed by atoms with Crippen LogP contribution in [0.5, 0.6) is 0 Å². The first kappa shape index (κ1) is 24.7. The third-order valence-corrected chi connectivity index (χ3v) is 2.21. The molecule has 7 N–H and O–H groups in total. The van der Waals surface area contributed by atoms with Gasteiger partial charge in [0.15, 0.2) is 0 Å². The van der Waals surface area contributed by atoms with Gasteiger partial charge in [0.2, 0.25) is 0 Å². The molecule has 0 heterocycles. The van der Waals surface area contributed by atoms with Crippen molar-refractivity contribution in [3.05, 3.63) is 0 Å². The van der Waals surface area contributed by atoms with Gasteiger partial charge in [-0.3, -0.25) is 0 Å². The topological polar surface area (TPSA) is 96.3 Å². The molecule has 0 aliphatic rings. The maximum atomic E-state index is 8.65. The molecule has 0 aliphatic carbocycles. The second kappa shape index (κ2) is 16.8. The smallest absolute Gasteiger partial charge is 0.412 e. The van der Waals surface area contributed by atoms with Gasteiger partial charge in [0.1, 0.15) is 0 Å². The van der Waals surface area contributed by atoms with Crippen LogP contribution in [0, 0.1) is 0 Å². The van der Waals surface area contributed by atoms with Crippen molar-refractivity contribution >= 4 is 58.3 Å². The summed E-state index contributed by atoms with van der Waals surface area (Å²) in [6.45, 7) is 3.42. The molecule has 10 heteroatoms. The Hall–Kier alpha value is 0.723. The van der Waals surface area contributed by atoms with Crippen LogP contribution in [0.4, 0.5) is 0 Å². The van der Waals surface area contributed by atoms with E-state index in [1.165, 1.54) is 0 Å². The maximum Gasteiger partial charge on any atom is 2.00 e. The predicted octanol–water partition coefficient (Wildman–Crippen LogP) is -1.13. The third-order valence-electron chi connectivity index (χ3n) is 1.69. The van der Waals surface area contributed by atoms with Gasteiger partial charge in [-0.05, 0) is 19.9 Å². The van der Waals surface area contributed by atoms with Gasteiger partial charge in [-0.25, -0.2) is 0 Å². The SMILES string of the molecule is CC(CNC(=S)[S-])NC(=S)[S-].NCCC(O)CN.[Zn+2]. The van der Waals surface area contributed by atoms with E-state index >= 15 is 0 Å². The Bertz CT molecular complexity index is 248. The molecule has 0 saturated heterocycles. The number of nitrogens with two attached hydrogens (primary N) is 2. The van der Waals surface area contributed by atoms with E-state index in [-0.39, 0.29) is 25.5 Å². The molecule has 0 aliphatic heterocycles. The first-order valence-corrected chi connectivity index (χ1v) is 6.97. The van der Waals surface area contributed by atoms with Crippen LogP contribution in [0.3, 0.4) is 0 Å². The van der Waals surface area contributed by atoms with Crippen LogP contribution < -0.4 is 22.1 Å². The number of aliphatic hydroxyl groups excluding tert-OH is 1. The molecule has 0 saturated carbocycles. The van der Waals surface area contributed by atoms with Crippen molar-refractivity contribution < 1.29 is 24.6 Å². The minimum absolute atomic E-state index is 0. The molecular formula is C9H20N4OS4Zn. The van der Waals surface area contributed by atoms with E-state index in [2.05, 4.69) is 60.3 Å². The van der Waals surface area contributed by atoms with Gasteiger partial charge in [0.05, 0.1) is 6.10 Å². The van der Waals surface area contributed by atoms with Crippen LogP contribution in [0.25, 0.3) is 0 Å². The fourth-order valence-electron chi connectivity index (χ4n) is 0.799. The quantitative estimate of drug-likeness (QED) is 0.218. The fourth-order valence-corrected chi connectivity index (χ4v) is 1.37. The Morgan fingerprint density at radius 1 is 1.26 bits per heavy atom. The van der Waals surface area contributed by atoms with Crippen LogP contribution >= 0.6 is 24.4 Å². The maximum absolute atomic E-state index is 8.65. The fraction of sp³-hybridized carbons (Fsp3) is 0.778. The van der Waals surface area contributed by atoms with Gasteiger partial charge in [0, 0.05) is 19.1 Å². The third kappa shape index (κ3) is 24.2. The second-order valence-electron chi connectivity index (χ2n) is 3.47. The van der Waals surface area contributed by atoms with Crippen LogP contribution in [0.15, 0.2) is 0 Å². The zero-order valence-electron chi connectivity index (χ0n) is 10.9. The molecule has 5 nitrogen and oxygen atoms in total. The average Bonchev–Trinajstić information content (AvgIpc) is 2.26. The molecular weight excluding hydrogens is 374 g/mol. The normalized spacial score (nSPS) is 12.0. The molecule has 0 aromatic rings. The van der Waals surface area contributed by atoms with Crippen molar-refractivity contribution in [2.45, 2.75) is 25.5 Å². The number of hydrogen-bond donors (Lipinski definition) is 5. The molecule has 0 aromatic heterocycles. The first-order valence-electron chi connectivity index (χ1n) is 5.34. The summed E-state index contributed by atoms with van der Waals surface area (Å²) in [4.78, 5) is 0. The van der Waals surface area contributed by atoms with Gasteiger partial charge in [0.25, 0.3) is 0 Å². The molecule has 2 unspecified atom stereocenters. The molecule has 0 fully saturated rings. The Labute approximate surface area is 149 Å². The molecule has 19 heavy (non-hydrogen) atoms. The predicted molar refractivity (Wildman–Crippen MR) is 89.3 cm³/mol. The van der Waals surface area contributed by atoms with E-state index in [1.54, 1.807) is 0 Å². The van der Waals surface area contributed by atoms with Gasteiger partial charge in [-0.15, -0.1) is 0 Å². The molecule has 0 bridgehead atoms. The van der Waals surface area contributed by atoms with E-state index in [4.69, 9.17) is 16.6 Å². The van der Waals surface area contributed by atoms with Crippen molar-refractivity contribution in [2.24, 2.45) is 11.5 Å². The number of aliphatic hydroxyl groups is 1. The summed E-state index contributed by atoms with van der Waals surface area (Å²) in [5.74, 6) is 0. The Morgan fingerprint density at radius 2 is 1.79 bits per heavy atom. The second-order valence-corrected chi connectivity index (χ2v) is 5.62. The molecule has 0 spiro atoms. The minimum Gasteiger partial charge on any atom is -0.412 e. The van der Waals surface area contributed by atoms with E-state index < -0.39 is 6.10 Å². The summed E-state index contributed by atoms with van der Waals surface area (Å²) in [5, 5.41) is 14.4. The van der Waals surface area contributed by atoms with Crippen molar-refractivity contribution in [1.82, 2.24) is 10.6 Å². The Kier molecular flexibility index (Phi) is 21.8. The van der Waals surface area contributed by atoms with E-state index in [0.717, 1.165) is 0 Å². The summed E-state index contributed by atoms with van der Waals surface area (Å²) in [5.41, 5.74) is 10.1. The van der Waals surface area contributed by atoms with Gasteiger partial charge < -0.3 is 76.9 Å². The van der Waals surface area contributed by atoms with Crippen LogP contribution in [0.1, 0.15) is 13.3 Å². The zero-order valence-corrected chi connectivity index (χ0v) is 17.2. The summed E-state index contributed by atoms with van der Waals surface area (Å²) >= 11 is 18.6. The molecule has 108 valence electrons. The van der Waals surface area contributed by atoms with Crippen molar-refractivity contribution in [2.75, 3.05) is 19.6 Å².